The average Bonchev–Trinajstić information content (AvgIpc) is 2.96. The van der Waals surface area contributed by atoms with Crippen LogP contribution in [0.25, 0.3) is 11.0 Å². The van der Waals surface area contributed by atoms with Crippen LogP contribution in [0, 0.1) is 6.92 Å². The van der Waals surface area contributed by atoms with Gasteiger partial charge in [0, 0.05) is 18.1 Å². The fourth-order valence-electron chi connectivity index (χ4n) is 2.26. The Morgan fingerprint density at radius 3 is 2.48 bits per heavy atom. The maximum absolute atomic E-state index is 12.6. The molecule has 0 saturated heterocycles. The molecular formula is C17H13Br2NO3. The van der Waals surface area contributed by atoms with Gasteiger partial charge in [0.2, 0.25) is 0 Å². The molecule has 0 unspecified atom stereocenters. The highest BCUT2D eigenvalue weighted by atomic mass is 79.9. The molecule has 118 valence electrons. The molecule has 1 amide bonds. The summed E-state index contributed by atoms with van der Waals surface area (Å²) in [4.78, 5) is 14.2. The topological polar surface area (TPSA) is 53.7 Å². The Morgan fingerprint density at radius 1 is 1.17 bits per heavy atom. The van der Waals surface area contributed by atoms with Gasteiger partial charge in [0.1, 0.15) is 11.3 Å². The van der Waals surface area contributed by atoms with E-state index >= 15 is 0 Å². The second-order valence-electron chi connectivity index (χ2n) is 5.24. The van der Waals surface area contributed by atoms with E-state index in [0.717, 1.165) is 11.3 Å². The van der Waals surface area contributed by atoms with Crippen LogP contribution in [0.2, 0.25) is 0 Å². The lowest BCUT2D eigenvalue weighted by molar-refractivity contribution is 0.0968. The Kier molecular flexibility index (Phi) is 4.21. The fraction of sp³-hybridized carbons (Fsp3) is 0.118. The van der Waals surface area contributed by atoms with E-state index in [0.29, 0.717) is 19.9 Å². The van der Waals surface area contributed by atoms with E-state index in [9.17, 15) is 9.90 Å². The summed E-state index contributed by atoms with van der Waals surface area (Å²) in [6.07, 6.45) is 0. The maximum atomic E-state index is 12.6. The number of rotatable bonds is 2. The Labute approximate surface area is 150 Å². The first-order valence-corrected chi connectivity index (χ1v) is 8.42. The number of nitrogens with zero attached hydrogens (tertiary/aromatic N) is 1. The van der Waals surface area contributed by atoms with Crippen LogP contribution in [0.3, 0.4) is 0 Å². The van der Waals surface area contributed by atoms with Crippen molar-refractivity contribution >= 4 is 54.4 Å². The van der Waals surface area contributed by atoms with Crippen LogP contribution in [-0.2, 0) is 0 Å². The number of furan rings is 1. The van der Waals surface area contributed by atoms with Crippen molar-refractivity contribution in [1.29, 1.82) is 0 Å². The van der Waals surface area contributed by atoms with Crippen LogP contribution in [0.1, 0.15) is 16.1 Å². The minimum atomic E-state index is -0.257. The summed E-state index contributed by atoms with van der Waals surface area (Å²) in [5.74, 6) is 0.0260. The van der Waals surface area contributed by atoms with Gasteiger partial charge in [-0.2, -0.15) is 0 Å². The van der Waals surface area contributed by atoms with Crippen molar-refractivity contribution in [3.8, 4) is 5.75 Å². The lowest BCUT2D eigenvalue weighted by Gasteiger charge is -2.15. The van der Waals surface area contributed by atoms with Crippen molar-refractivity contribution in [3.63, 3.8) is 0 Å². The van der Waals surface area contributed by atoms with Crippen LogP contribution in [-0.4, -0.2) is 18.1 Å². The van der Waals surface area contributed by atoms with E-state index in [2.05, 4.69) is 31.9 Å². The van der Waals surface area contributed by atoms with Crippen LogP contribution in [0.5, 0.6) is 5.75 Å². The highest BCUT2D eigenvalue weighted by Crippen LogP contribution is 2.40. The number of phenols is 1. The van der Waals surface area contributed by atoms with Crippen molar-refractivity contribution in [1.82, 2.24) is 0 Å². The third kappa shape index (κ3) is 2.88. The number of benzene rings is 2. The average molecular weight is 439 g/mol. The quantitative estimate of drug-likeness (QED) is 0.594. The third-order valence-corrected chi connectivity index (χ3v) is 5.03. The van der Waals surface area contributed by atoms with Gasteiger partial charge >= 0.3 is 0 Å². The van der Waals surface area contributed by atoms with Crippen LogP contribution < -0.4 is 4.90 Å². The normalized spacial score (nSPS) is 11.0. The second kappa shape index (κ2) is 6.02. The number of fused-ring (bicyclic) bond motifs is 1. The predicted molar refractivity (Wildman–Crippen MR) is 97.2 cm³/mol. The molecule has 1 aromatic heterocycles. The Balaban J connectivity index is 2.01. The Morgan fingerprint density at radius 2 is 1.83 bits per heavy atom. The number of hydrogen-bond donors (Lipinski definition) is 1. The van der Waals surface area contributed by atoms with Gasteiger partial charge in [-0.15, -0.1) is 0 Å². The van der Waals surface area contributed by atoms with Gasteiger partial charge in [-0.1, -0.05) is 17.7 Å². The minimum absolute atomic E-state index is 0.0733. The van der Waals surface area contributed by atoms with Crippen molar-refractivity contribution in [3.05, 3.63) is 56.7 Å². The molecule has 0 aliphatic heterocycles. The molecule has 0 bridgehead atoms. The van der Waals surface area contributed by atoms with E-state index < -0.39 is 0 Å². The maximum Gasteiger partial charge on any atom is 0.293 e. The number of amides is 1. The van der Waals surface area contributed by atoms with E-state index in [4.69, 9.17) is 4.42 Å². The van der Waals surface area contributed by atoms with Gasteiger partial charge in [-0.3, -0.25) is 4.79 Å². The third-order valence-electron chi connectivity index (χ3n) is 3.63. The van der Waals surface area contributed by atoms with Crippen LogP contribution in [0.15, 0.2) is 49.8 Å². The molecule has 0 aliphatic rings. The van der Waals surface area contributed by atoms with Crippen molar-refractivity contribution in [2.75, 3.05) is 11.9 Å². The van der Waals surface area contributed by atoms with Crippen molar-refractivity contribution in [2.24, 2.45) is 0 Å². The molecule has 0 saturated carbocycles. The molecular weight excluding hydrogens is 426 g/mol. The predicted octanol–water partition coefficient (Wildman–Crippen LogP) is 5.25. The molecule has 4 nitrogen and oxygen atoms in total. The van der Waals surface area contributed by atoms with Gasteiger partial charge in [0.05, 0.1) is 8.95 Å². The summed E-state index contributed by atoms with van der Waals surface area (Å²) in [5, 5.41) is 10.6. The number of hydrogen-bond acceptors (Lipinski definition) is 3. The first-order valence-electron chi connectivity index (χ1n) is 6.83. The largest absolute Gasteiger partial charge is 0.506 e. The van der Waals surface area contributed by atoms with Gasteiger partial charge in [-0.25, -0.2) is 0 Å². The van der Waals surface area contributed by atoms with Gasteiger partial charge in [-0.05, 0) is 63.0 Å². The molecule has 0 aliphatic carbocycles. The standard InChI is InChI=1S/C17H13Br2NO3/c1-9-3-5-10(6-4-9)20(2)17(22)14-7-11-13(23-14)8-12(18)16(21)15(11)19/h3-8,21H,1-2H3. The van der Waals surface area contributed by atoms with Gasteiger partial charge in [0.25, 0.3) is 5.91 Å². The lowest BCUT2D eigenvalue weighted by Crippen LogP contribution is -2.25. The second-order valence-corrected chi connectivity index (χ2v) is 6.89. The monoisotopic (exact) mass is 437 g/mol. The molecule has 1 N–H and O–H groups in total. The highest BCUT2D eigenvalue weighted by Gasteiger charge is 2.20. The minimum Gasteiger partial charge on any atom is -0.506 e. The zero-order valence-electron chi connectivity index (χ0n) is 12.4. The van der Waals surface area contributed by atoms with Gasteiger partial charge in [0.15, 0.2) is 5.76 Å². The first kappa shape index (κ1) is 16.1. The summed E-state index contributed by atoms with van der Waals surface area (Å²) >= 11 is 6.57. The van der Waals surface area contributed by atoms with Crippen LogP contribution in [0.4, 0.5) is 5.69 Å². The van der Waals surface area contributed by atoms with Gasteiger partial charge < -0.3 is 14.4 Å². The molecule has 6 heteroatoms. The van der Waals surface area contributed by atoms with E-state index in [-0.39, 0.29) is 17.4 Å². The zero-order valence-corrected chi connectivity index (χ0v) is 15.6. The Hall–Kier alpha value is -1.79. The number of halogens is 2. The summed E-state index contributed by atoms with van der Waals surface area (Å²) < 4.78 is 6.64. The molecule has 0 atom stereocenters. The Bertz CT molecular complexity index is 900. The SMILES string of the molecule is Cc1ccc(N(C)C(=O)c2cc3c(Br)c(O)c(Br)cc3o2)cc1. The van der Waals surface area contributed by atoms with E-state index in [1.54, 1.807) is 19.2 Å². The smallest absolute Gasteiger partial charge is 0.293 e. The molecule has 23 heavy (non-hydrogen) atoms. The number of aromatic hydroxyl groups is 1. The number of phenolic OH excluding ortho intramolecular Hbond substituents is 1. The van der Waals surface area contributed by atoms with Crippen molar-refractivity contribution in [2.45, 2.75) is 6.92 Å². The molecule has 3 aromatic rings. The molecule has 3 rings (SSSR count). The number of aryl methyl sites for hydroxylation is 1. The highest BCUT2D eigenvalue weighted by molar-refractivity contribution is 9.11. The van der Waals surface area contributed by atoms with Crippen molar-refractivity contribution < 1.29 is 14.3 Å². The molecule has 0 spiro atoms. The first-order chi connectivity index (χ1) is 10.9. The number of carbonyl (C=O) groups is 1. The molecule has 1 heterocycles. The summed E-state index contributed by atoms with van der Waals surface area (Å²) in [6, 6.07) is 10.9. The number of anilines is 1. The van der Waals surface area contributed by atoms with Crippen LogP contribution >= 0.6 is 31.9 Å². The zero-order chi connectivity index (χ0) is 16.7. The summed E-state index contributed by atoms with van der Waals surface area (Å²) in [6.45, 7) is 1.99. The molecule has 0 fully saturated rings. The van der Waals surface area contributed by atoms with E-state index in [1.807, 2.05) is 31.2 Å². The summed E-state index contributed by atoms with van der Waals surface area (Å²) in [5.41, 5.74) is 2.42. The van der Waals surface area contributed by atoms with E-state index in [1.165, 1.54) is 4.90 Å². The summed E-state index contributed by atoms with van der Waals surface area (Å²) in [7, 11) is 1.70. The lowest BCUT2D eigenvalue weighted by atomic mass is 10.2. The number of carbonyl (C=O) groups excluding carboxylic acids is 1. The molecule has 0 radical (unpaired) electrons. The fourth-order valence-corrected chi connectivity index (χ4v) is 3.45. The molecule has 2 aromatic carbocycles.